The van der Waals surface area contributed by atoms with Crippen molar-refractivity contribution in [3.05, 3.63) is 27.1 Å². The van der Waals surface area contributed by atoms with E-state index in [4.69, 9.17) is 16.0 Å². The summed E-state index contributed by atoms with van der Waals surface area (Å²) in [5.74, 6) is -0.119. The predicted molar refractivity (Wildman–Crippen MR) is 77.1 cm³/mol. The minimum Gasteiger partial charge on any atom is -0.394 e. The lowest BCUT2D eigenvalue weighted by molar-refractivity contribution is -0.0455. The Morgan fingerprint density at radius 1 is 1.70 bits per heavy atom. The molecule has 4 atom stereocenters. The molecule has 0 aromatic carbocycles. The fourth-order valence-corrected chi connectivity index (χ4v) is 2.71. The molecule has 0 saturated carbocycles. The maximum absolute atomic E-state index is 11.8. The molecule has 1 aliphatic rings. The first-order valence-electron chi connectivity index (χ1n) is 6.65. The quantitative estimate of drug-likeness (QED) is 0.317. The number of nitrogens with zero attached hydrogens (tertiary/aromatic N) is 6. The number of aromatic amines is 1. The Bertz CT molecular complexity index is 855. The van der Waals surface area contributed by atoms with Gasteiger partial charge < -0.3 is 20.7 Å². The van der Waals surface area contributed by atoms with Gasteiger partial charge in [0.2, 0.25) is 5.95 Å². The number of aliphatic hydroxyl groups is 2. The van der Waals surface area contributed by atoms with Crippen LogP contribution in [0.15, 0.2) is 16.2 Å². The van der Waals surface area contributed by atoms with Crippen LogP contribution >= 0.6 is 0 Å². The van der Waals surface area contributed by atoms with Crippen molar-refractivity contribution in [2.75, 3.05) is 12.3 Å². The van der Waals surface area contributed by atoms with Crippen molar-refractivity contribution in [3.8, 4) is 0 Å². The summed E-state index contributed by atoms with van der Waals surface area (Å²) in [6.45, 7) is 0.997. The van der Waals surface area contributed by atoms with E-state index in [1.54, 1.807) is 0 Å². The van der Waals surface area contributed by atoms with E-state index in [-0.39, 0.29) is 17.1 Å². The van der Waals surface area contributed by atoms with Crippen LogP contribution in [-0.2, 0) is 4.74 Å². The van der Waals surface area contributed by atoms with Crippen LogP contribution in [0.5, 0.6) is 0 Å². The second-order valence-electron chi connectivity index (χ2n) is 5.34. The van der Waals surface area contributed by atoms with Gasteiger partial charge in [0.05, 0.1) is 19.0 Å². The lowest BCUT2D eigenvalue weighted by Crippen LogP contribution is -2.42. The van der Waals surface area contributed by atoms with Crippen LogP contribution in [0.3, 0.4) is 0 Å². The van der Waals surface area contributed by atoms with Gasteiger partial charge in [-0.2, -0.15) is 4.98 Å². The van der Waals surface area contributed by atoms with Gasteiger partial charge in [-0.15, -0.1) is 0 Å². The van der Waals surface area contributed by atoms with Gasteiger partial charge in [0.25, 0.3) is 5.56 Å². The summed E-state index contributed by atoms with van der Waals surface area (Å²) in [6, 6.07) is 0. The number of nitrogens with one attached hydrogen (secondary N) is 1. The predicted octanol–water partition coefficient (Wildman–Crippen LogP) is -0.979. The standard InChI is InChI=1S/C11H14N8O4/c1-11(17-18-13)6(21)4(2-20)23-9(11)19-3-14-5-7(19)15-10(12)16-8(5)22/h3-4,6,9,20-21H,2H2,1H3,(H3,12,15,16,22)/t4-,6-,9-,11-/m1/s1. The van der Waals surface area contributed by atoms with Crippen molar-refractivity contribution in [3.63, 3.8) is 0 Å². The number of hydrogen-bond acceptors (Lipinski definition) is 8. The third-order valence-corrected chi connectivity index (χ3v) is 3.90. The second kappa shape index (κ2) is 5.21. The molecule has 0 amide bonds. The van der Waals surface area contributed by atoms with Crippen LogP contribution < -0.4 is 11.3 Å². The Hall–Kier alpha value is -2.66. The largest absolute Gasteiger partial charge is 0.394 e. The number of H-pyrrole nitrogens is 1. The van der Waals surface area contributed by atoms with Gasteiger partial charge in [-0.25, -0.2) is 4.98 Å². The number of rotatable bonds is 3. The molecule has 5 N–H and O–H groups in total. The van der Waals surface area contributed by atoms with E-state index in [2.05, 4.69) is 25.0 Å². The van der Waals surface area contributed by atoms with Crippen LogP contribution in [0.1, 0.15) is 13.2 Å². The smallest absolute Gasteiger partial charge is 0.280 e. The summed E-state index contributed by atoms with van der Waals surface area (Å²) in [6.07, 6.45) is -1.98. The second-order valence-corrected chi connectivity index (χ2v) is 5.34. The lowest BCUT2D eigenvalue weighted by Gasteiger charge is -2.27. The summed E-state index contributed by atoms with van der Waals surface area (Å²) >= 11 is 0. The van der Waals surface area contributed by atoms with E-state index in [1.165, 1.54) is 17.8 Å². The molecule has 122 valence electrons. The highest BCUT2D eigenvalue weighted by molar-refractivity contribution is 5.70. The van der Waals surface area contributed by atoms with E-state index in [1.807, 2.05) is 0 Å². The van der Waals surface area contributed by atoms with E-state index >= 15 is 0 Å². The first-order valence-corrected chi connectivity index (χ1v) is 6.65. The molecule has 0 bridgehead atoms. The molecule has 3 heterocycles. The number of azide groups is 1. The van der Waals surface area contributed by atoms with E-state index in [0.29, 0.717) is 0 Å². The number of aromatic nitrogens is 4. The minimum atomic E-state index is -1.44. The van der Waals surface area contributed by atoms with Gasteiger partial charge >= 0.3 is 0 Å². The van der Waals surface area contributed by atoms with Gasteiger partial charge in [-0.3, -0.25) is 14.3 Å². The Morgan fingerprint density at radius 2 is 2.43 bits per heavy atom. The van der Waals surface area contributed by atoms with Crippen LogP contribution in [0.25, 0.3) is 21.6 Å². The Balaban J connectivity index is 2.20. The number of anilines is 1. The highest BCUT2D eigenvalue weighted by Gasteiger charge is 2.54. The maximum Gasteiger partial charge on any atom is 0.280 e. The first kappa shape index (κ1) is 15.2. The lowest BCUT2D eigenvalue weighted by atomic mass is 9.93. The highest BCUT2D eigenvalue weighted by atomic mass is 16.5. The van der Waals surface area contributed by atoms with Crippen molar-refractivity contribution >= 4 is 17.1 Å². The molecule has 0 aliphatic carbocycles. The minimum absolute atomic E-state index is 0.0213. The number of imidazole rings is 1. The van der Waals surface area contributed by atoms with E-state index in [9.17, 15) is 15.0 Å². The third-order valence-electron chi connectivity index (χ3n) is 3.90. The third kappa shape index (κ3) is 2.12. The average molecular weight is 322 g/mol. The fraction of sp³-hybridized carbons (Fsp3) is 0.545. The summed E-state index contributed by atoms with van der Waals surface area (Å²) in [5.41, 5.74) is 12.5. The Morgan fingerprint density at radius 3 is 3.09 bits per heavy atom. The molecule has 0 spiro atoms. The Kier molecular flexibility index (Phi) is 3.45. The van der Waals surface area contributed by atoms with Crippen LogP contribution in [0, 0.1) is 0 Å². The Labute approximate surface area is 128 Å². The molecule has 0 unspecified atom stereocenters. The zero-order chi connectivity index (χ0) is 16.8. The van der Waals surface area contributed by atoms with Gasteiger partial charge in [0.1, 0.15) is 11.6 Å². The fourth-order valence-electron chi connectivity index (χ4n) is 2.71. The van der Waals surface area contributed by atoms with E-state index < -0.39 is 36.1 Å². The van der Waals surface area contributed by atoms with Gasteiger partial charge in [0.15, 0.2) is 17.4 Å². The van der Waals surface area contributed by atoms with Crippen LogP contribution in [0.4, 0.5) is 5.95 Å². The van der Waals surface area contributed by atoms with Crippen molar-refractivity contribution in [2.45, 2.75) is 30.9 Å². The number of aliphatic hydroxyl groups excluding tert-OH is 2. The summed E-state index contributed by atoms with van der Waals surface area (Å²) in [5, 5.41) is 23.2. The van der Waals surface area contributed by atoms with E-state index in [0.717, 1.165) is 0 Å². The number of fused-ring (bicyclic) bond motifs is 1. The molecule has 1 aliphatic heterocycles. The molecule has 1 saturated heterocycles. The summed E-state index contributed by atoms with van der Waals surface area (Å²) in [4.78, 5) is 24.8. The zero-order valence-corrected chi connectivity index (χ0v) is 12.0. The molecule has 0 radical (unpaired) electrons. The monoisotopic (exact) mass is 322 g/mol. The van der Waals surface area contributed by atoms with Crippen molar-refractivity contribution < 1.29 is 14.9 Å². The van der Waals surface area contributed by atoms with Crippen LogP contribution in [-0.4, -0.2) is 54.1 Å². The average Bonchev–Trinajstić information content (AvgIpc) is 3.01. The van der Waals surface area contributed by atoms with Crippen molar-refractivity contribution in [1.29, 1.82) is 0 Å². The molecule has 12 heteroatoms. The molecule has 1 fully saturated rings. The number of ether oxygens (including phenoxy) is 1. The molecule has 2 aromatic rings. The highest BCUT2D eigenvalue weighted by Crippen LogP contribution is 2.42. The molecule has 23 heavy (non-hydrogen) atoms. The number of nitrogen functional groups attached to an aromatic ring is 1. The molecule has 3 rings (SSSR count). The number of nitrogens with two attached hydrogens (primary N) is 1. The van der Waals surface area contributed by atoms with Crippen molar-refractivity contribution in [2.24, 2.45) is 5.11 Å². The summed E-state index contributed by atoms with van der Waals surface area (Å²) < 4.78 is 6.93. The van der Waals surface area contributed by atoms with Gasteiger partial charge in [-0.05, 0) is 12.5 Å². The SMILES string of the molecule is C[C@@]1(N=[N+]=[N-])[C@H](O)[C@@H](CO)O[C@H]1n1cnc2c(=O)[nH]c(N)nc21. The normalized spacial score (nSPS) is 30.5. The number of hydrogen-bond donors (Lipinski definition) is 4. The van der Waals surface area contributed by atoms with Crippen LogP contribution in [0.2, 0.25) is 0 Å². The van der Waals surface area contributed by atoms with Gasteiger partial charge in [0, 0.05) is 4.91 Å². The maximum atomic E-state index is 11.8. The first-order chi connectivity index (χ1) is 10.9. The molecule has 2 aromatic heterocycles. The van der Waals surface area contributed by atoms with Crippen molar-refractivity contribution in [1.82, 2.24) is 19.5 Å². The van der Waals surface area contributed by atoms with Gasteiger partial charge in [-0.1, -0.05) is 5.11 Å². The topological polar surface area (TPSA) is 188 Å². The molecular formula is C11H14N8O4. The molecule has 12 nitrogen and oxygen atoms in total. The summed E-state index contributed by atoms with van der Waals surface area (Å²) in [7, 11) is 0. The zero-order valence-electron chi connectivity index (χ0n) is 12.0. The molecular weight excluding hydrogens is 308 g/mol.